The Labute approximate surface area is 251 Å². The second-order valence-corrected chi connectivity index (χ2v) is 11.0. The Morgan fingerprint density at radius 2 is 1.43 bits per heavy atom. The lowest BCUT2D eigenvalue weighted by atomic mass is 9.70. The van der Waals surface area contributed by atoms with Crippen molar-refractivity contribution < 1.29 is 0 Å². The first-order chi connectivity index (χ1) is 20.5. The van der Waals surface area contributed by atoms with Crippen LogP contribution >= 0.6 is 0 Å². The third kappa shape index (κ3) is 6.41. The first-order valence-electron chi connectivity index (χ1n) is 15.2. The second kappa shape index (κ2) is 13.5. The van der Waals surface area contributed by atoms with E-state index in [2.05, 4.69) is 105 Å². The van der Waals surface area contributed by atoms with E-state index in [-0.39, 0.29) is 5.41 Å². The van der Waals surface area contributed by atoms with Gasteiger partial charge < -0.3 is 0 Å². The summed E-state index contributed by atoms with van der Waals surface area (Å²) in [5.74, 6) is 0.678. The van der Waals surface area contributed by atoms with E-state index in [1.165, 1.54) is 16.7 Å². The minimum Gasteiger partial charge on any atom is -0.261 e. The van der Waals surface area contributed by atoms with Crippen LogP contribution in [0.15, 0.2) is 130 Å². The van der Waals surface area contributed by atoms with Crippen molar-refractivity contribution in [2.45, 2.75) is 64.7 Å². The molecule has 3 nitrogen and oxygen atoms in total. The number of hydrogen-bond donors (Lipinski definition) is 0. The van der Waals surface area contributed by atoms with Crippen LogP contribution in [0.25, 0.3) is 11.4 Å². The molecule has 5 rings (SSSR count). The number of amidine groups is 1. The van der Waals surface area contributed by atoms with Crippen LogP contribution in [0, 0.1) is 0 Å². The molecule has 2 aliphatic rings. The molecule has 1 aliphatic heterocycles. The molecule has 42 heavy (non-hydrogen) atoms. The average Bonchev–Trinajstić information content (AvgIpc) is 3.07. The SMILES string of the molecule is C=C(N=C(N=C(C)C1=CCCC=C1)c1ccc(C(CC)(CC)c2ccc(C3=CCCC=N3)cc2)cc1)c1ccccc1. The monoisotopic (exact) mass is 551 g/mol. The van der Waals surface area contributed by atoms with E-state index in [1.54, 1.807) is 0 Å². The number of aliphatic imine (C=N–C) groups is 3. The van der Waals surface area contributed by atoms with E-state index in [4.69, 9.17) is 9.98 Å². The molecule has 3 aromatic rings. The summed E-state index contributed by atoms with van der Waals surface area (Å²) in [6.45, 7) is 10.9. The minimum atomic E-state index is -0.0803. The Morgan fingerprint density at radius 3 is 2.02 bits per heavy atom. The largest absolute Gasteiger partial charge is 0.261 e. The van der Waals surface area contributed by atoms with E-state index < -0.39 is 0 Å². The number of rotatable bonds is 9. The zero-order valence-corrected chi connectivity index (χ0v) is 25.2. The number of hydrogen-bond acceptors (Lipinski definition) is 2. The van der Waals surface area contributed by atoms with Crippen LogP contribution in [-0.2, 0) is 5.41 Å². The second-order valence-electron chi connectivity index (χ2n) is 11.0. The molecule has 0 saturated carbocycles. The number of benzene rings is 3. The van der Waals surface area contributed by atoms with Crippen molar-refractivity contribution in [3.05, 3.63) is 143 Å². The van der Waals surface area contributed by atoms with Gasteiger partial charge in [-0.1, -0.05) is 124 Å². The molecule has 0 unspecified atom stereocenters. The molecule has 0 N–H and O–H groups in total. The predicted molar refractivity (Wildman–Crippen MR) is 182 cm³/mol. The van der Waals surface area contributed by atoms with Gasteiger partial charge in [-0.25, -0.2) is 9.98 Å². The Balaban J connectivity index is 1.49. The smallest absolute Gasteiger partial charge is 0.160 e. The number of allylic oxidation sites excluding steroid dienone is 5. The van der Waals surface area contributed by atoms with Gasteiger partial charge in [-0.2, -0.15) is 0 Å². The lowest BCUT2D eigenvalue weighted by Gasteiger charge is -2.33. The zero-order chi connectivity index (χ0) is 29.4. The van der Waals surface area contributed by atoms with Crippen molar-refractivity contribution >= 4 is 29.2 Å². The summed E-state index contributed by atoms with van der Waals surface area (Å²) < 4.78 is 0. The van der Waals surface area contributed by atoms with E-state index in [1.807, 2.05) is 36.5 Å². The fourth-order valence-corrected chi connectivity index (χ4v) is 5.92. The highest BCUT2D eigenvalue weighted by atomic mass is 14.9. The van der Waals surface area contributed by atoms with E-state index >= 15 is 0 Å². The summed E-state index contributed by atoms with van der Waals surface area (Å²) in [6, 6.07) is 28.0. The predicted octanol–water partition coefficient (Wildman–Crippen LogP) is 10.2. The highest BCUT2D eigenvalue weighted by Crippen LogP contribution is 2.39. The Morgan fingerprint density at radius 1 is 0.762 bits per heavy atom. The maximum Gasteiger partial charge on any atom is 0.160 e. The molecule has 0 radical (unpaired) electrons. The minimum absolute atomic E-state index is 0.0803. The number of nitrogens with zero attached hydrogens (tertiary/aromatic N) is 3. The van der Waals surface area contributed by atoms with E-state index in [9.17, 15) is 0 Å². The fourth-order valence-electron chi connectivity index (χ4n) is 5.92. The van der Waals surface area contributed by atoms with Crippen LogP contribution in [-0.4, -0.2) is 17.8 Å². The topological polar surface area (TPSA) is 37.1 Å². The first kappa shape index (κ1) is 29.1. The Kier molecular flexibility index (Phi) is 9.38. The van der Waals surface area contributed by atoms with Crippen molar-refractivity contribution in [3.8, 4) is 0 Å². The molecule has 3 aromatic carbocycles. The molecular weight excluding hydrogens is 510 g/mol. The summed E-state index contributed by atoms with van der Waals surface area (Å²) in [5, 5.41) is 0. The molecule has 0 aromatic heterocycles. The van der Waals surface area contributed by atoms with Gasteiger partial charge in [-0.3, -0.25) is 4.99 Å². The van der Waals surface area contributed by atoms with Crippen LogP contribution in [0.3, 0.4) is 0 Å². The van der Waals surface area contributed by atoms with Gasteiger partial charge in [-0.05, 0) is 73.3 Å². The van der Waals surface area contributed by atoms with Crippen LogP contribution in [0.5, 0.6) is 0 Å². The van der Waals surface area contributed by atoms with Crippen molar-refractivity contribution in [1.82, 2.24) is 0 Å². The summed E-state index contributed by atoms with van der Waals surface area (Å²) in [7, 11) is 0. The molecule has 3 heteroatoms. The lowest BCUT2D eigenvalue weighted by molar-refractivity contribution is 0.478. The third-order valence-electron chi connectivity index (χ3n) is 8.53. The fraction of sp³-hybridized carbons (Fsp3) is 0.256. The normalized spacial score (nSPS) is 15.8. The molecule has 0 spiro atoms. The van der Waals surface area contributed by atoms with Crippen LogP contribution in [0.2, 0.25) is 0 Å². The summed E-state index contributed by atoms with van der Waals surface area (Å²) >= 11 is 0. The van der Waals surface area contributed by atoms with Gasteiger partial charge in [0.15, 0.2) is 5.84 Å². The van der Waals surface area contributed by atoms with Crippen LogP contribution < -0.4 is 0 Å². The van der Waals surface area contributed by atoms with Gasteiger partial charge in [0.05, 0.1) is 11.4 Å². The zero-order valence-electron chi connectivity index (χ0n) is 25.2. The van der Waals surface area contributed by atoms with Crippen molar-refractivity contribution in [1.29, 1.82) is 0 Å². The lowest BCUT2D eigenvalue weighted by Crippen LogP contribution is -2.26. The summed E-state index contributed by atoms with van der Waals surface area (Å²) in [5.41, 5.74) is 9.61. The van der Waals surface area contributed by atoms with Crippen molar-refractivity contribution in [2.24, 2.45) is 15.0 Å². The molecule has 0 bridgehead atoms. The molecule has 0 amide bonds. The molecule has 0 atom stereocenters. The molecule has 1 aliphatic carbocycles. The highest BCUT2D eigenvalue weighted by molar-refractivity contribution is 6.13. The van der Waals surface area contributed by atoms with Crippen molar-refractivity contribution in [2.75, 3.05) is 0 Å². The standard InChI is InChI=1S/C39H41N3/c1-5-39(6-2,35-24-20-33(21-25-35)37-19-13-14-28-40-37)36-26-22-34(23-27-36)38(41-29(3)31-15-9-7-10-16-31)42-30(4)32-17-11-8-12-18-32/h7,9-11,15-28H,3,5-6,8,12-14H2,1-2,4H3. The molecule has 212 valence electrons. The Bertz CT molecular complexity index is 1570. The van der Waals surface area contributed by atoms with Gasteiger partial charge in [0.2, 0.25) is 0 Å². The van der Waals surface area contributed by atoms with Gasteiger partial charge >= 0.3 is 0 Å². The van der Waals surface area contributed by atoms with E-state index in [0.29, 0.717) is 11.5 Å². The Hall–Kier alpha value is -4.37. The average molecular weight is 552 g/mol. The quantitative estimate of drug-likeness (QED) is 0.187. The molecular formula is C39H41N3. The summed E-state index contributed by atoms with van der Waals surface area (Å²) in [6.07, 6.45) is 17.1. The highest BCUT2D eigenvalue weighted by Gasteiger charge is 2.30. The maximum atomic E-state index is 5.05. The van der Waals surface area contributed by atoms with Gasteiger partial charge in [0.25, 0.3) is 0 Å². The van der Waals surface area contributed by atoms with Crippen molar-refractivity contribution in [3.63, 3.8) is 0 Å². The van der Waals surface area contributed by atoms with E-state index in [0.717, 1.165) is 66.6 Å². The first-order valence-corrected chi connectivity index (χ1v) is 15.2. The molecule has 1 heterocycles. The van der Waals surface area contributed by atoms with Gasteiger partial charge in [0.1, 0.15) is 0 Å². The third-order valence-corrected chi connectivity index (χ3v) is 8.53. The molecule has 0 saturated heterocycles. The van der Waals surface area contributed by atoms with Crippen LogP contribution in [0.1, 0.15) is 87.1 Å². The molecule has 0 fully saturated rings. The van der Waals surface area contributed by atoms with Crippen LogP contribution in [0.4, 0.5) is 0 Å². The van der Waals surface area contributed by atoms with Gasteiger partial charge in [-0.15, -0.1) is 0 Å². The maximum absolute atomic E-state index is 5.05. The summed E-state index contributed by atoms with van der Waals surface area (Å²) in [4.78, 5) is 14.6. The van der Waals surface area contributed by atoms with Gasteiger partial charge in [0, 0.05) is 22.9 Å².